The number of aryl methyl sites for hydroxylation is 2. The predicted octanol–water partition coefficient (Wildman–Crippen LogP) is -0.349. The number of nitrogens with one attached hydrogen (secondary N) is 2. The molecule has 0 radical (unpaired) electrons. The van der Waals surface area contributed by atoms with Crippen molar-refractivity contribution in [1.29, 1.82) is 0 Å². The molecule has 2 aromatic heterocycles. The fourth-order valence-electron chi connectivity index (χ4n) is 3.24. The number of rotatable bonds is 4. The quantitative estimate of drug-likeness (QED) is 0.777. The molecule has 8 nitrogen and oxygen atoms in total. The highest BCUT2D eigenvalue weighted by atomic mass is 15.2. The van der Waals surface area contributed by atoms with E-state index in [4.69, 9.17) is 0 Å². The van der Waals surface area contributed by atoms with Crippen LogP contribution in [0.2, 0.25) is 0 Å². The maximum absolute atomic E-state index is 4.46. The molecule has 144 valence electrons. The topological polar surface area (TPSA) is 66.2 Å². The van der Waals surface area contributed by atoms with Crippen molar-refractivity contribution >= 4 is 0 Å². The summed E-state index contributed by atoms with van der Waals surface area (Å²) in [5.41, 5.74) is 0. The van der Waals surface area contributed by atoms with Crippen LogP contribution >= 0.6 is 0 Å². The van der Waals surface area contributed by atoms with Gasteiger partial charge in [-0.2, -0.15) is 0 Å². The Morgan fingerprint density at radius 3 is 1.42 bits per heavy atom. The summed E-state index contributed by atoms with van der Waals surface area (Å²) in [4.78, 5) is 13.9. The van der Waals surface area contributed by atoms with E-state index < -0.39 is 0 Å². The molecule has 1 saturated heterocycles. The summed E-state index contributed by atoms with van der Waals surface area (Å²) in [7, 11) is 4.12. The first-order valence-electron chi connectivity index (χ1n) is 9.51. The molecule has 3 heterocycles. The number of imidazole rings is 2. The molecule has 0 amide bonds. The molecule has 0 aromatic carbocycles. The minimum Gasteiger partial charge on any atom is -0.337 e. The van der Waals surface area contributed by atoms with Crippen LogP contribution in [0.4, 0.5) is 0 Å². The number of hydrogen-bond acceptors (Lipinski definition) is 6. The van der Waals surface area contributed by atoms with Gasteiger partial charge in [0.15, 0.2) is 0 Å². The van der Waals surface area contributed by atoms with Gasteiger partial charge in [0.05, 0.1) is 13.1 Å². The van der Waals surface area contributed by atoms with Crippen LogP contribution in [0.5, 0.6) is 0 Å². The van der Waals surface area contributed by atoms with Crippen LogP contribution < -0.4 is 10.6 Å². The summed E-state index contributed by atoms with van der Waals surface area (Å²) in [5.74, 6) is 2.25. The average Bonchev–Trinajstić information content (AvgIpc) is 3.20. The highest BCUT2D eigenvalue weighted by molar-refractivity contribution is 4.92. The lowest BCUT2D eigenvalue weighted by Gasteiger charge is -2.26. The van der Waals surface area contributed by atoms with E-state index in [2.05, 4.69) is 53.6 Å². The van der Waals surface area contributed by atoms with Gasteiger partial charge in [-0.1, -0.05) is 0 Å². The molecule has 2 aromatic rings. The van der Waals surface area contributed by atoms with E-state index in [1.54, 1.807) is 0 Å². The Bertz CT molecular complexity index is 581. The molecule has 8 heteroatoms. The fraction of sp³-hybridized carbons (Fsp3) is 0.667. The maximum Gasteiger partial charge on any atom is 0.122 e. The van der Waals surface area contributed by atoms with E-state index >= 15 is 0 Å². The molecule has 2 N–H and O–H groups in total. The second-order valence-corrected chi connectivity index (χ2v) is 6.96. The monoisotopic (exact) mass is 360 g/mol. The second kappa shape index (κ2) is 9.82. The Morgan fingerprint density at radius 1 is 0.731 bits per heavy atom. The lowest BCUT2D eigenvalue weighted by atomic mass is 10.3. The Kier molecular flexibility index (Phi) is 7.19. The second-order valence-electron chi connectivity index (χ2n) is 6.96. The van der Waals surface area contributed by atoms with Gasteiger partial charge in [0.1, 0.15) is 11.6 Å². The minimum absolute atomic E-state index is 0.901. The first kappa shape index (κ1) is 19.0. The van der Waals surface area contributed by atoms with Crippen molar-refractivity contribution in [2.24, 2.45) is 14.1 Å². The molecule has 0 aliphatic carbocycles. The standard InChI is InChI=1S/C18H32N8/c1-23-9-7-21-17(23)15-25-11-3-19-5-13-26(14-6-20-4-12-25)16-18-22-8-10-24(18)2/h7-10,19-20H,3-6,11-16H2,1-2H3. The highest BCUT2D eigenvalue weighted by Gasteiger charge is 2.12. The van der Waals surface area contributed by atoms with E-state index in [1.165, 1.54) is 0 Å². The molecule has 1 aliphatic heterocycles. The van der Waals surface area contributed by atoms with E-state index in [1.807, 2.05) is 24.8 Å². The fourth-order valence-corrected chi connectivity index (χ4v) is 3.24. The van der Waals surface area contributed by atoms with Crippen LogP contribution in [0, 0.1) is 0 Å². The van der Waals surface area contributed by atoms with Gasteiger partial charge in [-0.25, -0.2) is 9.97 Å². The van der Waals surface area contributed by atoms with Gasteiger partial charge in [-0.15, -0.1) is 0 Å². The molecule has 0 saturated carbocycles. The van der Waals surface area contributed by atoms with Crippen molar-refractivity contribution in [2.75, 3.05) is 52.4 Å². The van der Waals surface area contributed by atoms with Gasteiger partial charge in [-0.3, -0.25) is 9.80 Å². The molecule has 3 rings (SSSR count). The molecule has 0 unspecified atom stereocenters. The Hall–Kier alpha value is -1.74. The van der Waals surface area contributed by atoms with Crippen molar-refractivity contribution in [3.05, 3.63) is 36.4 Å². The van der Waals surface area contributed by atoms with E-state index in [0.29, 0.717) is 0 Å². The van der Waals surface area contributed by atoms with Crippen LogP contribution in [0.25, 0.3) is 0 Å². The first-order valence-corrected chi connectivity index (χ1v) is 9.51. The average molecular weight is 361 g/mol. The lowest BCUT2D eigenvalue weighted by molar-refractivity contribution is 0.226. The van der Waals surface area contributed by atoms with Gasteiger partial charge in [0.25, 0.3) is 0 Å². The van der Waals surface area contributed by atoms with Crippen molar-refractivity contribution in [1.82, 2.24) is 39.5 Å². The van der Waals surface area contributed by atoms with Crippen LogP contribution in [0.15, 0.2) is 24.8 Å². The maximum atomic E-state index is 4.46. The lowest BCUT2D eigenvalue weighted by Crippen LogP contribution is -2.43. The zero-order valence-corrected chi connectivity index (χ0v) is 16.1. The zero-order valence-electron chi connectivity index (χ0n) is 16.1. The van der Waals surface area contributed by atoms with Crippen molar-refractivity contribution in [2.45, 2.75) is 13.1 Å². The largest absolute Gasteiger partial charge is 0.337 e. The molecule has 1 aliphatic rings. The summed E-state index contributed by atoms with van der Waals surface area (Å²) in [6.45, 7) is 9.95. The third-order valence-corrected chi connectivity index (χ3v) is 4.99. The molecule has 1 fully saturated rings. The van der Waals surface area contributed by atoms with E-state index in [9.17, 15) is 0 Å². The zero-order chi connectivity index (χ0) is 18.2. The van der Waals surface area contributed by atoms with E-state index in [-0.39, 0.29) is 0 Å². The van der Waals surface area contributed by atoms with Gasteiger partial charge < -0.3 is 19.8 Å². The Morgan fingerprint density at radius 2 is 1.12 bits per heavy atom. The number of aromatic nitrogens is 4. The van der Waals surface area contributed by atoms with Crippen LogP contribution in [-0.4, -0.2) is 81.3 Å². The molecule has 0 spiro atoms. The van der Waals surface area contributed by atoms with Crippen molar-refractivity contribution in [3.8, 4) is 0 Å². The third-order valence-electron chi connectivity index (χ3n) is 4.99. The summed E-state index contributed by atoms with van der Waals surface area (Å²) in [6, 6.07) is 0. The van der Waals surface area contributed by atoms with Crippen molar-refractivity contribution < 1.29 is 0 Å². The van der Waals surface area contributed by atoms with E-state index in [0.717, 1.165) is 77.1 Å². The first-order chi connectivity index (χ1) is 12.7. The Balaban J connectivity index is 1.48. The van der Waals surface area contributed by atoms with Gasteiger partial charge in [0, 0.05) is 91.2 Å². The minimum atomic E-state index is 0.901. The highest BCUT2D eigenvalue weighted by Crippen LogP contribution is 2.02. The molecule has 0 atom stereocenters. The van der Waals surface area contributed by atoms with Gasteiger partial charge >= 0.3 is 0 Å². The van der Waals surface area contributed by atoms with Crippen LogP contribution in [0.1, 0.15) is 11.6 Å². The summed E-state index contributed by atoms with van der Waals surface area (Å²) in [6.07, 6.45) is 7.77. The number of nitrogens with zero attached hydrogens (tertiary/aromatic N) is 6. The van der Waals surface area contributed by atoms with Gasteiger partial charge in [0.2, 0.25) is 0 Å². The summed E-state index contributed by atoms with van der Waals surface area (Å²) in [5, 5.41) is 7.19. The SMILES string of the molecule is Cn1ccnc1CN1CCNCCN(Cc2nccn2C)CCNCC1. The van der Waals surface area contributed by atoms with Crippen molar-refractivity contribution in [3.63, 3.8) is 0 Å². The smallest absolute Gasteiger partial charge is 0.122 e. The Labute approximate surface area is 156 Å². The number of hydrogen-bond donors (Lipinski definition) is 2. The molecule has 26 heavy (non-hydrogen) atoms. The van der Waals surface area contributed by atoms with Crippen LogP contribution in [0.3, 0.4) is 0 Å². The molecule has 0 bridgehead atoms. The molecular weight excluding hydrogens is 328 g/mol. The molecular formula is C18H32N8. The van der Waals surface area contributed by atoms with Gasteiger partial charge in [-0.05, 0) is 0 Å². The summed E-state index contributed by atoms with van der Waals surface area (Å²) < 4.78 is 4.21. The third kappa shape index (κ3) is 5.63. The normalized spacial score (nSPS) is 19.2. The summed E-state index contributed by atoms with van der Waals surface area (Å²) >= 11 is 0. The predicted molar refractivity (Wildman–Crippen MR) is 103 cm³/mol. The van der Waals surface area contributed by atoms with Crippen LogP contribution in [-0.2, 0) is 27.2 Å².